The standard InChI is InChI=1S/C9H22O3P/c1-4-7-11-13(10,9-6-3)12-8-5-2/h10H,4-9H2,1-3H3/q+1. The molecule has 0 fully saturated rings. The maximum atomic E-state index is 9.94. The fourth-order valence-corrected chi connectivity index (χ4v) is 2.75. The molecule has 0 aliphatic heterocycles. The smallest absolute Gasteiger partial charge is 0.193 e. The van der Waals surface area contributed by atoms with E-state index < -0.39 is 7.94 Å². The van der Waals surface area contributed by atoms with E-state index in [1.165, 1.54) is 0 Å². The highest BCUT2D eigenvalue weighted by molar-refractivity contribution is 7.60. The van der Waals surface area contributed by atoms with Gasteiger partial charge in [-0.3, -0.25) is 0 Å². The van der Waals surface area contributed by atoms with Gasteiger partial charge in [0.15, 0.2) is 0 Å². The highest BCUT2D eigenvalue weighted by Gasteiger charge is 2.38. The summed E-state index contributed by atoms with van der Waals surface area (Å²) in [6.07, 6.45) is 3.38. The van der Waals surface area contributed by atoms with Crippen LogP contribution in [-0.2, 0) is 9.05 Å². The number of rotatable bonds is 8. The lowest BCUT2D eigenvalue weighted by atomic mass is 10.5. The number of hydrogen-bond acceptors (Lipinski definition) is 3. The summed E-state index contributed by atoms with van der Waals surface area (Å²) in [6, 6.07) is 0. The second kappa shape index (κ2) is 7.69. The zero-order chi connectivity index (χ0) is 10.2. The molecule has 0 aliphatic rings. The molecule has 4 heteroatoms. The first-order chi connectivity index (χ1) is 6.18. The fraction of sp³-hybridized carbons (Fsp3) is 1.00. The molecule has 0 aromatic rings. The third kappa shape index (κ3) is 6.39. The van der Waals surface area contributed by atoms with Crippen molar-refractivity contribution in [2.75, 3.05) is 19.4 Å². The Labute approximate surface area is 82.0 Å². The predicted octanol–water partition coefficient (Wildman–Crippen LogP) is 3.00. The molecule has 0 aliphatic carbocycles. The Bertz CT molecular complexity index is 111. The van der Waals surface area contributed by atoms with Crippen LogP contribution in [0.15, 0.2) is 0 Å². The topological polar surface area (TPSA) is 38.7 Å². The Balaban J connectivity index is 3.84. The van der Waals surface area contributed by atoms with E-state index in [1.54, 1.807) is 0 Å². The van der Waals surface area contributed by atoms with E-state index in [2.05, 4.69) is 0 Å². The molecular weight excluding hydrogens is 187 g/mol. The molecule has 0 aromatic carbocycles. The summed E-state index contributed by atoms with van der Waals surface area (Å²) in [7, 11) is -2.50. The Morgan fingerprint density at radius 2 is 1.38 bits per heavy atom. The van der Waals surface area contributed by atoms with Gasteiger partial charge in [0, 0.05) is 0 Å². The lowest BCUT2D eigenvalue weighted by molar-refractivity contribution is 0.175. The molecule has 0 radical (unpaired) electrons. The van der Waals surface area contributed by atoms with Gasteiger partial charge in [0.2, 0.25) is 0 Å². The Morgan fingerprint density at radius 3 is 1.69 bits per heavy atom. The molecule has 0 amide bonds. The molecule has 1 N–H and O–H groups in total. The predicted molar refractivity (Wildman–Crippen MR) is 56.8 cm³/mol. The van der Waals surface area contributed by atoms with Crippen molar-refractivity contribution in [3.8, 4) is 0 Å². The SMILES string of the molecule is CCCO[P+](O)(CCC)OCCC. The van der Waals surface area contributed by atoms with Gasteiger partial charge in [-0.05, 0) is 19.3 Å². The van der Waals surface area contributed by atoms with Crippen molar-refractivity contribution < 1.29 is 13.9 Å². The first-order valence-electron chi connectivity index (χ1n) is 5.08. The summed E-state index contributed by atoms with van der Waals surface area (Å²) in [5, 5.41) is 0. The Hall–Kier alpha value is 0.310. The summed E-state index contributed by atoms with van der Waals surface area (Å²) in [4.78, 5) is 9.94. The zero-order valence-electron chi connectivity index (χ0n) is 8.95. The quantitative estimate of drug-likeness (QED) is 0.624. The van der Waals surface area contributed by atoms with Crippen LogP contribution in [0, 0.1) is 0 Å². The van der Waals surface area contributed by atoms with Crippen molar-refractivity contribution in [2.45, 2.75) is 40.0 Å². The van der Waals surface area contributed by atoms with E-state index in [0.29, 0.717) is 19.4 Å². The molecule has 0 spiro atoms. The minimum Gasteiger partial charge on any atom is -0.193 e. The van der Waals surface area contributed by atoms with Gasteiger partial charge in [0.25, 0.3) is 0 Å². The van der Waals surface area contributed by atoms with Gasteiger partial charge in [-0.25, -0.2) is 0 Å². The van der Waals surface area contributed by atoms with Crippen LogP contribution >= 0.6 is 7.94 Å². The first-order valence-corrected chi connectivity index (χ1v) is 6.84. The molecule has 13 heavy (non-hydrogen) atoms. The summed E-state index contributed by atoms with van der Waals surface area (Å²) >= 11 is 0. The van der Waals surface area contributed by atoms with Crippen LogP contribution in [0.4, 0.5) is 0 Å². The molecular formula is C9H22O3P+. The van der Waals surface area contributed by atoms with Gasteiger partial charge in [-0.2, -0.15) is 13.9 Å². The molecule has 0 bridgehead atoms. The van der Waals surface area contributed by atoms with E-state index in [9.17, 15) is 4.89 Å². The van der Waals surface area contributed by atoms with Crippen LogP contribution < -0.4 is 0 Å². The van der Waals surface area contributed by atoms with Crippen molar-refractivity contribution in [3.63, 3.8) is 0 Å². The van der Waals surface area contributed by atoms with E-state index in [-0.39, 0.29) is 0 Å². The van der Waals surface area contributed by atoms with Crippen molar-refractivity contribution in [1.29, 1.82) is 0 Å². The maximum absolute atomic E-state index is 9.94. The van der Waals surface area contributed by atoms with Gasteiger partial charge < -0.3 is 0 Å². The van der Waals surface area contributed by atoms with Crippen LogP contribution in [0.3, 0.4) is 0 Å². The van der Waals surface area contributed by atoms with Crippen LogP contribution in [-0.4, -0.2) is 24.3 Å². The van der Waals surface area contributed by atoms with Crippen LogP contribution in [0.25, 0.3) is 0 Å². The molecule has 0 atom stereocenters. The molecule has 0 unspecified atom stereocenters. The molecule has 0 saturated carbocycles. The summed E-state index contributed by atoms with van der Waals surface area (Å²) in [5.74, 6) is 0. The largest absolute Gasteiger partial charge is 0.408 e. The van der Waals surface area contributed by atoms with Crippen LogP contribution in [0.5, 0.6) is 0 Å². The van der Waals surface area contributed by atoms with Gasteiger partial charge >= 0.3 is 7.94 Å². The van der Waals surface area contributed by atoms with Crippen molar-refractivity contribution in [2.24, 2.45) is 0 Å². The first kappa shape index (κ1) is 13.3. The Morgan fingerprint density at radius 1 is 0.923 bits per heavy atom. The molecule has 0 rings (SSSR count). The minimum atomic E-state index is -2.50. The monoisotopic (exact) mass is 209 g/mol. The van der Waals surface area contributed by atoms with Gasteiger partial charge in [-0.1, -0.05) is 20.8 Å². The summed E-state index contributed by atoms with van der Waals surface area (Å²) < 4.78 is 10.7. The van der Waals surface area contributed by atoms with E-state index in [1.807, 2.05) is 20.8 Å². The molecule has 0 saturated heterocycles. The second-order valence-corrected chi connectivity index (χ2v) is 5.27. The highest BCUT2D eigenvalue weighted by Crippen LogP contribution is 2.57. The normalized spacial score (nSPS) is 12.0. The number of hydrogen-bond donors (Lipinski definition) is 1. The van der Waals surface area contributed by atoms with Gasteiger partial charge in [0.1, 0.15) is 6.16 Å². The molecule has 0 aromatic heterocycles. The fourth-order valence-electron chi connectivity index (χ4n) is 0.917. The Kier molecular flexibility index (Phi) is 7.87. The maximum Gasteiger partial charge on any atom is 0.408 e. The molecule has 0 heterocycles. The van der Waals surface area contributed by atoms with Crippen molar-refractivity contribution >= 4 is 7.94 Å². The van der Waals surface area contributed by atoms with E-state index >= 15 is 0 Å². The van der Waals surface area contributed by atoms with Crippen molar-refractivity contribution in [1.82, 2.24) is 0 Å². The van der Waals surface area contributed by atoms with Crippen molar-refractivity contribution in [3.05, 3.63) is 0 Å². The van der Waals surface area contributed by atoms with E-state index in [4.69, 9.17) is 9.05 Å². The van der Waals surface area contributed by atoms with Gasteiger partial charge in [-0.15, -0.1) is 0 Å². The molecule has 80 valence electrons. The van der Waals surface area contributed by atoms with E-state index in [0.717, 1.165) is 19.3 Å². The summed E-state index contributed by atoms with van der Waals surface area (Å²) in [5.41, 5.74) is 0. The van der Waals surface area contributed by atoms with Crippen LogP contribution in [0.2, 0.25) is 0 Å². The highest BCUT2D eigenvalue weighted by atomic mass is 31.2. The minimum absolute atomic E-state index is 0.591. The molecule has 3 nitrogen and oxygen atoms in total. The average molecular weight is 209 g/mol. The van der Waals surface area contributed by atoms with Gasteiger partial charge in [0.05, 0.1) is 13.2 Å². The lowest BCUT2D eigenvalue weighted by Crippen LogP contribution is -2.07. The summed E-state index contributed by atoms with van der Waals surface area (Å²) in [6.45, 7) is 7.25. The zero-order valence-corrected chi connectivity index (χ0v) is 9.85. The third-order valence-corrected chi connectivity index (χ3v) is 3.68. The average Bonchev–Trinajstić information content (AvgIpc) is 2.12. The third-order valence-electron chi connectivity index (χ3n) is 1.50. The second-order valence-electron chi connectivity index (χ2n) is 3.03. The van der Waals surface area contributed by atoms with Crippen LogP contribution in [0.1, 0.15) is 40.0 Å². The lowest BCUT2D eigenvalue weighted by Gasteiger charge is -2.15.